The summed E-state index contributed by atoms with van der Waals surface area (Å²) in [5.74, 6) is 0.612. The quantitative estimate of drug-likeness (QED) is 0.887. The normalized spacial score (nSPS) is 16.1. The molecular weight excluding hydrogens is 252 g/mol. The van der Waals surface area contributed by atoms with Crippen LogP contribution in [-0.2, 0) is 11.2 Å². The average molecular weight is 276 g/mol. The van der Waals surface area contributed by atoms with Gasteiger partial charge in [-0.1, -0.05) is 26.0 Å². The maximum absolute atomic E-state index is 12.0. The van der Waals surface area contributed by atoms with Crippen LogP contribution in [0.1, 0.15) is 32.3 Å². The van der Waals surface area contributed by atoms with E-state index in [9.17, 15) is 4.79 Å². The number of carbonyl (C=O) groups is 1. The molecule has 1 heterocycles. The van der Waals surface area contributed by atoms with Crippen LogP contribution in [0, 0.1) is 5.92 Å². The molecule has 1 saturated heterocycles. The lowest BCUT2D eigenvalue weighted by atomic mass is 10.0. The molecule has 2 N–H and O–H groups in total. The van der Waals surface area contributed by atoms with E-state index in [1.54, 1.807) is 0 Å². The van der Waals surface area contributed by atoms with Gasteiger partial charge in [-0.3, -0.25) is 0 Å². The lowest BCUT2D eigenvalue weighted by Gasteiger charge is -2.23. The van der Waals surface area contributed by atoms with Crippen LogP contribution in [0.2, 0.25) is 0 Å². The van der Waals surface area contributed by atoms with Gasteiger partial charge in [0.15, 0.2) is 0 Å². The van der Waals surface area contributed by atoms with Crippen molar-refractivity contribution in [1.82, 2.24) is 5.32 Å². The third-order valence-corrected chi connectivity index (χ3v) is 3.39. The van der Waals surface area contributed by atoms with Crippen LogP contribution in [0.3, 0.4) is 0 Å². The van der Waals surface area contributed by atoms with Gasteiger partial charge in [-0.25, -0.2) is 4.79 Å². The molecule has 0 atom stereocenters. The van der Waals surface area contributed by atoms with E-state index in [4.69, 9.17) is 4.74 Å². The molecule has 0 bridgehead atoms. The second-order valence-corrected chi connectivity index (χ2v) is 5.78. The zero-order valence-electron chi connectivity index (χ0n) is 12.3. The summed E-state index contributed by atoms with van der Waals surface area (Å²) in [4.78, 5) is 12.0. The molecule has 1 aliphatic rings. The minimum atomic E-state index is -0.126. The molecule has 0 aromatic heterocycles. The Morgan fingerprint density at radius 3 is 2.80 bits per heavy atom. The molecule has 2 rings (SSSR count). The molecule has 1 fully saturated rings. The first-order valence-electron chi connectivity index (χ1n) is 7.37. The Balaban J connectivity index is 1.86. The van der Waals surface area contributed by atoms with Crippen molar-refractivity contribution in [3.8, 4) is 0 Å². The van der Waals surface area contributed by atoms with Gasteiger partial charge in [-0.2, -0.15) is 0 Å². The Kier molecular flexibility index (Phi) is 5.41. The summed E-state index contributed by atoms with van der Waals surface area (Å²) in [7, 11) is 0. The van der Waals surface area contributed by atoms with Crippen LogP contribution in [0.5, 0.6) is 0 Å². The molecule has 4 heteroatoms. The molecule has 0 radical (unpaired) electrons. The summed E-state index contributed by atoms with van der Waals surface area (Å²) < 4.78 is 5.28. The highest BCUT2D eigenvalue weighted by Gasteiger charge is 2.15. The molecule has 20 heavy (non-hydrogen) atoms. The largest absolute Gasteiger partial charge is 0.381 e. The molecule has 1 aliphatic heterocycles. The van der Waals surface area contributed by atoms with E-state index in [2.05, 4.69) is 30.5 Å². The van der Waals surface area contributed by atoms with Gasteiger partial charge in [0.05, 0.1) is 0 Å². The van der Waals surface area contributed by atoms with Crippen LogP contribution in [0.4, 0.5) is 10.5 Å². The number of benzene rings is 1. The van der Waals surface area contributed by atoms with Crippen molar-refractivity contribution < 1.29 is 9.53 Å². The minimum Gasteiger partial charge on any atom is -0.381 e. The SMILES string of the molecule is CC(C)Cc1cccc(NC(=O)NC2CCOCC2)c1. The summed E-state index contributed by atoms with van der Waals surface area (Å²) >= 11 is 0. The van der Waals surface area contributed by atoms with Crippen molar-refractivity contribution in [1.29, 1.82) is 0 Å². The highest BCUT2D eigenvalue weighted by Crippen LogP contribution is 2.14. The summed E-state index contributed by atoms with van der Waals surface area (Å²) in [6.07, 6.45) is 2.80. The van der Waals surface area contributed by atoms with E-state index < -0.39 is 0 Å². The number of rotatable bonds is 4. The standard InChI is InChI=1S/C16H24N2O2/c1-12(2)10-13-4-3-5-15(11-13)18-16(19)17-14-6-8-20-9-7-14/h3-5,11-12,14H,6-10H2,1-2H3,(H2,17,18,19). The molecule has 1 aromatic carbocycles. The highest BCUT2D eigenvalue weighted by molar-refractivity contribution is 5.89. The molecular formula is C16H24N2O2. The average Bonchev–Trinajstić information content (AvgIpc) is 2.39. The van der Waals surface area contributed by atoms with Gasteiger partial charge in [-0.05, 0) is 42.9 Å². The van der Waals surface area contributed by atoms with Crippen molar-refractivity contribution in [2.24, 2.45) is 5.92 Å². The Bertz CT molecular complexity index is 440. The van der Waals surface area contributed by atoms with E-state index in [-0.39, 0.29) is 12.1 Å². The molecule has 4 nitrogen and oxygen atoms in total. The highest BCUT2D eigenvalue weighted by atomic mass is 16.5. The van der Waals surface area contributed by atoms with Crippen molar-refractivity contribution >= 4 is 11.7 Å². The summed E-state index contributed by atoms with van der Waals surface area (Å²) in [6.45, 7) is 5.85. The maximum atomic E-state index is 12.0. The van der Waals surface area contributed by atoms with Crippen LogP contribution in [0.25, 0.3) is 0 Å². The molecule has 0 unspecified atom stereocenters. The number of amides is 2. The van der Waals surface area contributed by atoms with Gasteiger partial charge in [0.2, 0.25) is 0 Å². The third-order valence-electron chi connectivity index (χ3n) is 3.39. The van der Waals surface area contributed by atoms with Crippen molar-refractivity contribution in [3.63, 3.8) is 0 Å². The van der Waals surface area contributed by atoms with Gasteiger partial charge in [0.25, 0.3) is 0 Å². The number of anilines is 1. The summed E-state index contributed by atoms with van der Waals surface area (Å²) in [5.41, 5.74) is 2.11. The number of hydrogen-bond donors (Lipinski definition) is 2. The van der Waals surface area contributed by atoms with E-state index in [0.29, 0.717) is 5.92 Å². The minimum absolute atomic E-state index is 0.126. The predicted octanol–water partition coefficient (Wildman–Crippen LogP) is 3.19. The monoisotopic (exact) mass is 276 g/mol. The third kappa shape index (κ3) is 4.85. The first-order valence-corrected chi connectivity index (χ1v) is 7.37. The molecule has 0 saturated carbocycles. The van der Waals surface area contributed by atoms with Crippen LogP contribution >= 0.6 is 0 Å². The first kappa shape index (κ1) is 14.9. The lowest BCUT2D eigenvalue weighted by Crippen LogP contribution is -2.41. The van der Waals surface area contributed by atoms with E-state index in [0.717, 1.165) is 38.2 Å². The number of urea groups is 1. The molecule has 0 aliphatic carbocycles. The Morgan fingerprint density at radius 1 is 1.35 bits per heavy atom. The Morgan fingerprint density at radius 2 is 2.10 bits per heavy atom. The van der Waals surface area contributed by atoms with E-state index >= 15 is 0 Å². The molecule has 110 valence electrons. The van der Waals surface area contributed by atoms with Crippen molar-refractivity contribution in [2.75, 3.05) is 18.5 Å². The summed E-state index contributed by atoms with van der Waals surface area (Å²) in [6, 6.07) is 8.15. The van der Waals surface area contributed by atoms with Crippen LogP contribution in [0.15, 0.2) is 24.3 Å². The molecule has 0 spiro atoms. The van der Waals surface area contributed by atoms with Gasteiger partial charge < -0.3 is 15.4 Å². The second-order valence-electron chi connectivity index (χ2n) is 5.78. The van der Waals surface area contributed by atoms with Gasteiger partial charge in [0, 0.05) is 24.9 Å². The van der Waals surface area contributed by atoms with Crippen molar-refractivity contribution in [2.45, 2.75) is 39.2 Å². The number of ether oxygens (including phenoxy) is 1. The fourth-order valence-electron chi connectivity index (χ4n) is 2.44. The summed E-state index contributed by atoms with van der Waals surface area (Å²) in [5, 5.41) is 5.91. The number of hydrogen-bond acceptors (Lipinski definition) is 2. The lowest BCUT2D eigenvalue weighted by molar-refractivity contribution is 0.0806. The number of carbonyl (C=O) groups excluding carboxylic acids is 1. The topological polar surface area (TPSA) is 50.4 Å². The maximum Gasteiger partial charge on any atom is 0.319 e. The second kappa shape index (κ2) is 7.29. The van der Waals surface area contributed by atoms with Gasteiger partial charge >= 0.3 is 6.03 Å². The Labute approximate surface area is 120 Å². The van der Waals surface area contributed by atoms with Gasteiger partial charge in [-0.15, -0.1) is 0 Å². The predicted molar refractivity (Wildman–Crippen MR) is 81.0 cm³/mol. The fourth-order valence-corrected chi connectivity index (χ4v) is 2.44. The zero-order chi connectivity index (χ0) is 14.4. The van der Waals surface area contributed by atoms with Crippen molar-refractivity contribution in [3.05, 3.63) is 29.8 Å². The van der Waals surface area contributed by atoms with Crippen LogP contribution < -0.4 is 10.6 Å². The van der Waals surface area contributed by atoms with Gasteiger partial charge in [0.1, 0.15) is 0 Å². The zero-order valence-corrected chi connectivity index (χ0v) is 12.3. The molecule has 1 aromatic rings. The Hall–Kier alpha value is -1.55. The van der Waals surface area contributed by atoms with E-state index in [1.165, 1.54) is 5.56 Å². The van der Waals surface area contributed by atoms with E-state index in [1.807, 2.05) is 18.2 Å². The number of nitrogens with one attached hydrogen (secondary N) is 2. The van der Waals surface area contributed by atoms with Crippen LogP contribution in [-0.4, -0.2) is 25.3 Å². The first-order chi connectivity index (χ1) is 9.63. The smallest absolute Gasteiger partial charge is 0.319 e. The molecule has 2 amide bonds. The fraction of sp³-hybridized carbons (Fsp3) is 0.562.